The fraction of sp³-hybridized carbons (Fsp3) is 0.412. The quantitative estimate of drug-likeness (QED) is 0.312. The second-order valence-corrected chi connectivity index (χ2v) is 12.4. The number of aromatic nitrogens is 3. The summed E-state index contributed by atoms with van der Waals surface area (Å²) >= 11 is 0. The molecule has 244 valence electrons. The normalized spacial score (nSPS) is 31.7. The number of β-amino-alcohol motifs (C(OH)–C–C–N with tert-alkyl or cyclic N) is 1. The van der Waals surface area contributed by atoms with Crippen LogP contribution in [-0.2, 0) is 35.3 Å². The molecule has 0 saturated carbocycles. The number of likely N-dealkylation sites (tertiary alicyclic amines) is 1. The van der Waals surface area contributed by atoms with Crippen molar-refractivity contribution in [3.8, 4) is 0 Å². The van der Waals surface area contributed by atoms with Gasteiger partial charge < -0.3 is 29.7 Å². The van der Waals surface area contributed by atoms with Gasteiger partial charge in [0.1, 0.15) is 35.9 Å². The van der Waals surface area contributed by atoms with Crippen molar-refractivity contribution in [3.05, 3.63) is 84.5 Å². The fourth-order valence-corrected chi connectivity index (χ4v) is 7.38. The predicted octanol–water partition coefficient (Wildman–Crippen LogP) is 1.50. The smallest absolute Gasteiger partial charge is 0.313 e. The van der Waals surface area contributed by atoms with E-state index < -0.39 is 59.5 Å². The summed E-state index contributed by atoms with van der Waals surface area (Å²) in [5.74, 6) is -3.87. The lowest BCUT2D eigenvalue weighted by Gasteiger charge is -2.35. The topological polar surface area (TPSA) is 156 Å². The third-order valence-electron chi connectivity index (χ3n) is 9.50. The van der Waals surface area contributed by atoms with E-state index in [1.54, 1.807) is 34.7 Å². The van der Waals surface area contributed by atoms with Gasteiger partial charge in [-0.25, -0.2) is 4.68 Å². The van der Waals surface area contributed by atoms with Gasteiger partial charge in [-0.15, -0.1) is 5.10 Å². The number of rotatable bonds is 5. The molecule has 5 bridgehead atoms. The van der Waals surface area contributed by atoms with Gasteiger partial charge in [-0.3, -0.25) is 19.2 Å². The first-order valence-corrected chi connectivity index (χ1v) is 15.9. The zero-order valence-electron chi connectivity index (χ0n) is 25.8. The number of fused-ring (bicyclic) bond motifs is 3. The van der Waals surface area contributed by atoms with Crippen LogP contribution in [-0.4, -0.2) is 97.1 Å². The number of para-hydroxylation sites is 1. The van der Waals surface area contributed by atoms with Crippen LogP contribution in [0.1, 0.15) is 31.4 Å². The summed E-state index contributed by atoms with van der Waals surface area (Å²) in [5.41, 5.74) is 0.622. The van der Waals surface area contributed by atoms with Gasteiger partial charge in [0, 0.05) is 19.5 Å². The number of hydrogen-bond donors (Lipinski definition) is 2. The van der Waals surface area contributed by atoms with E-state index >= 15 is 0 Å². The van der Waals surface area contributed by atoms with Crippen molar-refractivity contribution >= 4 is 34.7 Å². The van der Waals surface area contributed by atoms with Gasteiger partial charge in [0.05, 0.1) is 30.2 Å². The number of carbonyl (C=O) groups is 4. The number of cyclic esters (lactones) is 1. The molecular formula is C34H36N6O7. The van der Waals surface area contributed by atoms with Crippen molar-refractivity contribution in [2.75, 3.05) is 19.7 Å². The van der Waals surface area contributed by atoms with Crippen molar-refractivity contribution in [2.45, 2.75) is 56.3 Å². The Labute approximate surface area is 270 Å². The highest BCUT2D eigenvalue weighted by Gasteiger charge is 2.73. The highest BCUT2D eigenvalue weighted by molar-refractivity contribution is 5.99. The molecule has 0 aliphatic carbocycles. The number of nitrogens with zero attached hydrogens (tertiary/aromatic N) is 5. The predicted molar refractivity (Wildman–Crippen MR) is 167 cm³/mol. The summed E-state index contributed by atoms with van der Waals surface area (Å²) in [6.07, 6.45) is 6.02. The lowest BCUT2D eigenvalue weighted by molar-refractivity contribution is -0.161. The second-order valence-electron chi connectivity index (χ2n) is 12.4. The highest BCUT2D eigenvalue weighted by Crippen LogP contribution is 2.55. The van der Waals surface area contributed by atoms with E-state index in [2.05, 4.69) is 15.6 Å². The Morgan fingerprint density at radius 3 is 2.62 bits per heavy atom. The second kappa shape index (κ2) is 12.4. The number of benzene rings is 2. The third kappa shape index (κ3) is 5.28. The minimum atomic E-state index is -1.44. The maximum atomic E-state index is 14.7. The van der Waals surface area contributed by atoms with Crippen LogP contribution in [0.25, 0.3) is 11.0 Å². The number of ether oxygens (including phenoxy) is 2. The van der Waals surface area contributed by atoms with Crippen LogP contribution in [0.15, 0.2) is 78.9 Å². The van der Waals surface area contributed by atoms with E-state index in [9.17, 15) is 24.3 Å². The zero-order valence-corrected chi connectivity index (χ0v) is 25.8. The molecule has 4 aliphatic rings. The van der Waals surface area contributed by atoms with E-state index in [1.165, 1.54) is 4.90 Å². The molecule has 2 aromatic carbocycles. The van der Waals surface area contributed by atoms with Crippen molar-refractivity contribution in [1.82, 2.24) is 30.1 Å². The molecule has 1 spiro atoms. The Kier molecular flexibility index (Phi) is 8.10. The number of amides is 3. The Hall–Kier alpha value is -4.88. The SMILES string of the molecule is C[C@H]1NC(=O)CC/C=C\CN(Cn2nnc3ccccc32)C(=O)[C@@H]2N(CCO)C(=O)[C@H]3[C@H](C(=O)O[C@@H]1c1ccccc1)[C@@H]1C=C[C@]23O1. The number of nitrogens with one attached hydrogen (secondary N) is 1. The number of aliphatic hydroxyl groups is 1. The summed E-state index contributed by atoms with van der Waals surface area (Å²) in [5, 5.41) is 21.5. The lowest BCUT2D eigenvalue weighted by Crippen LogP contribution is -2.56. The maximum Gasteiger partial charge on any atom is 0.313 e. The van der Waals surface area contributed by atoms with Crippen molar-refractivity contribution < 1.29 is 33.8 Å². The molecule has 13 nitrogen and oxygen atoms in total. The van der Waals surface area contributed by atoms with Gasteiger partial charge in [-0.2, -0.15) is 0 Å². The molecule has 47 heavy (non-hydrogen) atoms. The average molecular weight is 641 g/mol. The van der Waals surface area contributed by atoms with Gasteiger partial charge in [-0.05, 0) is 31.0 Å². The van der Waals surface area contributed by atoms with Gasteiger partial charge in [0.25, 0.3) is 5.91 Å². The molecule has 2 saturated heterocycles. The molecule has 0 unspecified atom stereocenters. The molecule has 3 aromatic rings. The van der Waals surface area contributed by atoms with Crippen LogP contribution < -0.4 is 5.32 Å². The lowest BCUT2D eigenvalue weighted by atomic mass is 9.74. The molecule has 3 amide bonds. The maximum absolute atomic E-state index is 14.7. The minimum Gasteiger partial charge on any atom is -0.455 e. The first-order valence-electron chi connectivity index (χ1n) is 15.9. The molecular weight excluding hydrogens is 604 g/mol. The monoisotopic (exact) mass is 640 g/mol. The molecule has 0 radical (unpaired) electrons. The molecule has 2 N–H and O–H groups in total. The first kappa shape index (κ1) is 30.8. The summed E-state index contributed by atoms with van der Waals surface area (Å²) in [6.45, 7) is 1.41. The Morgan fingerprint density at radius 1 is 1.02 bits per heavy atom. The van der Waals surface area contributed by atoms with Crippen molar-refractivity contribution in [2.24, 2.45) is 11.8 Å². The van der Waals surface area contributed by atoms with Gasteiger partial charge in [-0.1, -0.05) is 72.0 Å². The van der Waals surface area contributed by atoms with E-state index in [4.69, 9.17) is 9.47 Å². The molecule has 4 aliphatic heterocycles. The molecule has 7 rings (SSSR count). The van der Waals surface area contributed by atoms with Crippen LogP contribution in [0.3, 0.4) is 0 Å². The Morgan fingerprint density at radius 2 is 1.81 bits per heavy atom. The third-order valence-corrected chi connectivity index (χ3v) is 9.50. The van der Waals surface area contributed by atoms with Crippen LogP contribution in [0.5, 0.6) is 0 Å². The summed E-state index contributed by atoms with van der Waals surface area (Å²) in [4.78, 5) is 58.8. The highest BCUT2D eigenvalue weighted by atomic mass is 16.6. The average Bonchev–Trinajstić information content (AvgIpc) is 3.82. The van der Waals surface area contributed by atoms with Crippen molar-refractivity contribution in [3.63, 3.8) is 0 Å². The zero-order chi connectivity index (χ0) is 32.7. The summed E-state index contributed by atoms with van der Waals surface area (Å²) < 4.78 is 14.2. The Balaban J connectivity index is 1.29. The number of aliphatic hydroxyl groups excluding tert-OH is 1. The number of allylic oxidation sites excluding steroid dienone is 1. The van der Waals surface area contributed by atoms with E-state index in [1.807, 2.05) is 60.7 Å². The largest absolute Gasteiger partial charge is 0.455 e. The molecule has 5 heterocycles. The van der Waals surface area contributed by atoms with Gasteiger partial charge in [0.2, 0.25) is 11.8 Å². The van der Waals surface area contributed by atoms with Crippen LogP contribution in [0, 0.1) is 11.8 Å². The van der Waals surface area contributed by atoms with E-state index in [-0.39, 0.29) is 38.7 Å². The van der Waals surface area contributed by atoms with Crippen LogP contribution >= 0.6 is 0 Å². The number of carbonyl (C=O) groups excluding carboxylic acids is 4. The molecule has 7 atom stereocenters. The summed E-state index contributed by atoms with van der Waals surface area (Å²) in [7, 11) is 0. The fourth-order valence-electron chi connectivity index (χ4n) is 7.38. The molecule has 13 heteroatoms. The Bertz CT molecular complexity index is 1760. The standard InChI is InChI=1S/C34H36N6O7/c1-21-29(22-10-4-2-5-11-22)46-33(45)27-25-15-16-34(47-25)28(27)31(43)39(18-19-41)30(34)32(44)38(17-9-3-6-14-26(42)35-21)20-40-24-13-8-7-12-23(24)36-37-40/h2-5,7-13,15-16,21,25,27-30,41H,6,14,17-20H2,1H3,(H,35,42)/b9-3-/t21-,25+,27-,28-,29+,30+,34-/m1/s1. The number of esters is 1. The van der Waals surface area contributed by atoms with E-state index in [0.29, 0.717) is 17.5 Å². The minimum absolute atomic E-state index is 0.0114. The van der Waals surface area contributed by atoms with Crippen molar-refractivity contribution in [1.29, 1.82) is 0 Å². The number of hydrogen-bond acceptors (Lipinski definition) is 9. The van der Waals surface area contributed by atoms with Gasteiger partial charge >= 0.3 is 5.97 Å². The van der Waals surface area contributed by atoms with Crippen LogP contribution in [0.4, 0.5) is 0 Å². The van der Waals surface area contributed by atoms with Gasteiger partial charge in [0.15, 0.2) is 0 Å². The first-order chi connectivity index (χ1) is 22.8. The molecule has 2 fully saturated rings. The van der Waals surface area contributed by atoms with Crippen LogP contribution in [0.2, 0.25) is 0 Å². The summed E-state index contributed by atoms with van der Waals surface area (Å²) in [6, 6.07) is 14.8. The molecule has 1 aromatic heterocycles. The van der Waals surface area contributed by atoms with E-state index in [0.717, 1.165) is 5.52 Å².